The van der Waals surface area contributed by atoms with Crippen LogP contribution in [0.5, 0.6) is 0 Å². The summed E-state index contributed by atoms with van der Waals surface area (Å²) >= 11 is 3.06. The van der Waals surface area contributed by atoms with Crippen LogP contribution in [0.4, 0.5) is 10.1 Å². The molecule has 1 N–H and O–H groups in total. The number of amides is 1. The van der Waals surface area contributed by atoms with Crippen molar-refractivity contribution in [2.24, 2.45) is 11.8 Å². The summed E-state index contributed by atoms with van der Waals surface area (Å²) in [6, 6.07) is 2.82. The van der Waals surface area contributed by atoms with E-state index in [2.05, 4.69) is 21.2 Å². The number of aryl methyl sites for hydroxylation is 1. The standard InChI is InChI=1S/C13H13BrFNO3.Na/c1-6-2-9(14)10(15)5-11(6)16-12(17)7-3-8(4-7)13(18)19;/h2,5,7-8H,3-4H2,1H3,(H,16,17)(H,18,19);/q;+1/p-1. The molecule has 1 fully saturated rings. The molecule has 0 atom stereocenters. The Morgan fingerprint density at radius 1 is 1.35 bits per heavy atom. The van der Waals surface area contributed by atoms with Crippen molar-refractivity contribution < 1.29 is 48.6 Å². The van der Waals surface area contributed by atoms with Crippen LogP contribution in [0, 0.1) is 24.6 Å². The summed E-state index contributed by atoms with van der Waals surface area (Å²) in [5.41, 5.74) is 1.14. The van der Waals surface area contributed by atoms with Crippen LogP contribution in [0.15, 0.2) is 16.6 Å². The minimum absolute atomic E-state index is 0. The number of aliphatic carboxylic acids is 1. The zero-order valence-corrected chi connectivity index (χ0v) is 14.8. The van der Waals surface area contributed by atoms with Crippen molar-refractivity contribution in [1.82, 2.24) is 0 Å². The molecule has 0 radical (unpaired) electrons. The molecule has 0 unspecified atom stereocenters. The molecule has 1 aromatic carbocycles. The average molecular weight is 352 g/mol. The number of carbonyl (C=O) groups excluding carboxylic acids is 2. The van der Waals surface area contributed by atoms with Gasteiger partial charge in [0, 0.05) is 23.5 Å². The third kappa shape index (κ3) is 3.81. The Morgan fingerprint density at radius 3 is 2.50 bits per heavy atom. The number of nitrogens with one attached hydrogen (secondary N) is 1. The van der Waals surface area contributed by atoms with E-state index in [1.807, 2.05) is 0 Å². The van der Waals surface area contributed by atoms with Crippen LogP contribution in [0.2, 0.25) is 0 Å². The molecular weight excluding hydrogens is 340 g/mol. The number of rotatable bonds is 3. The fourth-order valence-corrected chi connectivity index (χ4v) is 2.50. The summed E-state index contributed by atoms with van der Waals surface area (Å²) in [5.74, 6) is -2.73. The van der Waals surface area contributed by atoms with Gasteiger partial charge in [0.25, 0.3) is 0 Å². The second-order valence-electron chi connectivity index (χ2n) is 4.75. The van der Waals surface area contributed by atoms with E-state index in [0.717, 1.165) is 5.56 Å². The molecule has 1 saturated carbocycles. The molecule has 0 aromatic heterocycles. The molecule has 1 amide bonds. The van der Waals surface area contributed by atoms with Crippen molar-refractivity contribution in [3.05, 3.63) is 28.0 Å². The van der Waals surface area contributed by atoms with Crippen molar-refractivity contribution in [2.75, 3.05) is 5.32 Å². The number of hydrogen-bond donors (Lipinski definition) is 1. The van der Waals surface area contributed by atoms with E-state index >= 15 is 0 Å². The van der Waals surface area contributed by atoms with E-state index in [1.165, 1.54) is 6.07 Å². The summed E-state index contributed by atoms with van der Waals surface area (Å²) in [6.07, 6.45) is 0.568. The molecule has 2 rings (SSSR count). The molecule has 0 saturated heterocycles. The molecule has 0 aliphatic heterocycles. The van der Waals surface area contributed by atoms with Crippen molar-refractivity contribution in [3.8, 4) is 0 Å². The van der Waals surface area contributed by atoms with Gasteiger partial charge >= 0.3 is 29.6 Å². The maximum atomic E-state index is 13.4. The van der Waals surface area contributed by atoms with Gasteiger partial charge in [0.15, 0.2) is 0 Å². The number of carboxylic acid groups (broad SMARTS) is 1. The van der Waals surface area contributed by atoms with E-state index in [9.17, 15) is 19.1 Å². The zero-order valence-electron chi connectivity index (χ0n) is 11.2. The van der Waals surface area contributed by atoms with Crippen LogP contribution in [0.1, 0.15) is 18.4 Å². The van der Waals surface area contributed by atoms with Gasteiger partial charge in [-0.15, -0.1) is 0 Å². The Labute approximate surface area is 146 Å². The van der Waals surface area contributed by atoms with Gasteiger partial charge in [-0.2, -0.15) is 0 Å². The van der Waals surface area contributed by atoms with E-state index in [0.29, 0.717) is 10.2 Å². The first-order chi connectivity index (χ1) is 8.88. The topological polar surface area (TPSA) is 69.2 Å². The Morgan fingerprint density at radius 2 is 1.95 bits per heavy atom. The van der Waals surface area contributed by atoms with Gasteiger partial charge in [-0.05, 0) is 53.4 Å². The number of hydrogen-bond acceptors (Lipinski definition) is 3. The molecule has 20 heavy (non-hydrogen) atoms. The van der Waals surface area contributed by atoms with Crippen molar-refractivity contribution in [3.63, 3.8) is 0 Å². The van der Waals surface area contributed by atoms with Crippen LogP contribution in [-0.2, 0) is 9.59 Å². The third-order valence-electron chi connectivity index (χ3n) is 3.37. The molecule has 1 aliphatic rings. The minimum atomic E-state index is -1.12. The van der Waals surface area contributed by atoms with Crippen molar-refractivity contribution in [2.45, 2.75) is 19.8 Å². The van der Waals surface area contributed by atoms with E-state index < -0.39 is 17.7 Å². The Balaban J connectivity index is 0.00000200. The van der Waals surface area contributed by atoms with E-state index in [-0.39, 0.29) is 54.2 Å². The quantitative estimate of drug-likeness (QED) is 0.682. The van der Waals surface area contributed by atoms with Gasteiger partial charge in [-0.25, -0.2) is 4.39 Å². The second-order valence-corrected chi connectivity index (χ2v) is 5.61. The van der Waals surface area contributed by atoms with Gasteiger partial charge in [0.05, 0.1) is 4.47 Å². The molecule has 0 bridgehead atoms. The molecule has 102 valence electrons. The Kier molecular flexibility index (Phi) is 6.19. The summed E-state index contributed by atoms with van der Waals surface area (Å²) in [5, 5.41) is 13.2. The van der Waals surface area contributed by atoms with E-state index in [4.69, 9.17) is 0 Å². The zero-order chi connectivity index (χ0) is 14.2. The number of carbonyl (C=O) groups is 2. The van der Waals surface area contributed by atoms with Gasteiger partial charge in [-0.1, -0.05) is 0 Å². The van der Waals surface area contributed by atoms with Gasteiger partial charge in [-0.3, -0.25) is 4.79 Å². The Bertz CT molecular complexity index is 547. The Hall–Kier alpha value is -0.430. The SMILES string of the molecule is Cc1cc(Br)c(F)cc1NC(=O)C1CC(C(=O)[O-])C1.[Na+]. The summed E-state index contributed by atoms with van der Waals surface area (Å²) < 4.78 is 13.7. The van der Waals surface area contributed by atoms with Crippen LogP contribution < -0.4 is 40.0 Å². The largest absolute Gasteiger partial charge is 1.00 e. The molecule has 4 nitrogen and oxygen atoms in total. The van der Waals surface area contributed by atoms with Crippen molar-refractivity contribution >= 4 is 33.5 Å². The van der Waals surface area contributed by atoms with Gasteiger partial charge in [0.2, 0.25) is 5.91 Å². The maximum absolute atomic E-state index is 13.4. The summed E-state index contributed by atoms with van der Waals surface area (Å²) in [4.78, 5) is 22.4. The number of carboxylic acids is 1. The fourth-order valence-electron chi connectivity index (χ4n) is 2.04. The molecule has 7 heteroatoms. The summed E-state index contributed by atoms with van der Waals surface area (Å²) in [6.45, 7) is 1.75. The maximum Gasteiger partial charge on any atom is 1.00 e. The second kappa shape index (κ2) is 7.02. The first-order valence-corrected chi connectivity index (χ1v) is 6.65. The molecule has 1 aromatic rings. The first-order valence-electron chi connectivity index (χ1n) is 5.86. The molecular formula is C13H12BrFNNaO3. The molecule has 1 aliphatic carbocycles. The van der Waals surface area contributed by atoms with Crippen LogP contribution in [0.3, 0.4) is 0 Å². The fraction of sp³-hybridized carbons (Fsp3) is 0.385. The normalized spacial score (nSPS) is 20.6. The van der Waals surface area contributed by atoms with Crippen LogP contribution in [0.25, 0.3) is 0 Å². The van der Waals surface area contributed by atoms with E-state index in [1.54, 1.807) is 13.0 Å². The minimum Gasteiger partial charge on any atom is -0.550 e. The monoisotopic (exact) mass is 351 g/mol. The summed E-state index contributed by atoms with van der Waals surface area (Å²) in [7, 11) is 0. The number of halogens is 2. The average Bonchev–Trinajstić information content (AvgIpc) is 2.23. The predicted molar refractivity (Wildman–Crippen MR) is 68.7 cm³/mol. The molecule has 0 spiro atoms. The number of benzene rings is 1. The predicted octanol–water partition coefficient (Wildman–Crippen LogP) is -1.38. The molecule has 0 heterocycles. The third-order valence-corrected chi connectivity index (χ3v) is 3.98. The van der Waals surface area contributed by atoms with Crippen molar-refractivity contribution in [1.29, 1.82) is 0 Å². The van der Waals surface area contributed by atoms with Crippen LogP contribution >= 0.6 is 15.9 Å². The van der Waals surface area contributed by atoms with Gasteiger partial charge in [0.1, 0.15) is 5.82 Å². The smallest absolute Gasteiger partial charge is 0.550 e. The van der Waals surface area contributed by atoms with Crippen LogP contribution in [-0.4, -0.2) is 11.9 Å². The number of anilines is 1. The van der Waals surface area contributed by atoms with Gasteiger partial charge < -0.3 is 15.2 Å². The first kappa shape index (κ1) is 17.6.